The molecule has 0 aromatic carbocycles. The van der Waals surface area contributed by atoms with Crippen molar-refractivity contribution in [2.45, 2.75) is 57.4 Å². The summed E-state index contributed by atoms with van der Waals surface area (Å²) < 4.78 is 0. The van der Waals surface area contributed by atoms with Gasteiger partial charge >= 0.3 is 0 Å². The molecule has 4 rings (SSSR count). The normalized spacial score (nSPS) is 22.3. The fourth-order valence-electron chi connectivity index (χ4n) is 3.54. The molecule has 0 radical (unpaired) electrons. The molecule has 1 aromatic rings. The molecule has 23 heavy (non-hydrogen) atoms. The molecule has 3 fully saturated rings. The number of nitrogens with zero attached hydrogens (tertiary/aromatic N) is 4. The van der Waals surface area contributed by atoms with Crippen LogP contribution in [0.15, 0.2) is 6.07 Å². The molecule has 1 aliphatic heterocycles. The van der Waals surface area contributed by atoms with E-state index in [2.05, 4.69) is 22.9 Å². The fraction of sp³-hybridized carbons (Fsp3) is 0.722. The van der Waals surface area contributed by atoms with Crippen LogP contribution >= 0.6 is 0 Å². The molecule has 1 saturated heterocycles. The van der Waals surface area contributed by atoms with E-state index in [-0.39, 0.29) is 0 Å². The zero-order chi connectivity index (χ0) is 16.0. The van der Waals surface area contributed by atoms with Crippen LogP contribution in [0.25, 0.3) is 0 Å². The second kappa shape index (κ2) is 5.77. The minimum atomic E-state index is 0.323. The van der Waals surface area contributed by atoms with Crippen LogP contribution in [0.4, 0.5) is 5.82 Å². The minimum Gasteiger partial charge on any atom is -0.356 e. The fourth-order valence-corrected chi connectivity index (χ4v) is 3.54. The molecule has 1 amide bonds. The van der Waals surface area contributed by atoms with Crippen molar-refractivity contribution in [2.24, 2.45) is 5.92 Å². The number of aromatic nitrogens is 2. The molecule has 0 unspecified atom stereocenters. The minimum absolute atomic E-state index is 0.323. The van der Waals surface area contributed by atoms with Crippen LogP contribution < -0.4 is 4.90 Å². The topological polar surface area (TPSA) is 49.3 Å². The molecule has 0 N–H and O–H groups in total. The molecule has 0 spiro atoms. The predicted octanol–water partition coefficient (Wildman–Crippen LogP) is 2.50. The van der Waals surface area contributed by atoms with Gasteiger partial charge < -0.3 is 9.80 Å². The lowest BCUT2D eigenvalue weighted by Crippen LogP contribution is -2.46. The highest BCUT2D eigenvalue weighted by Crippen LogP contribution is 2.39. The van der Waals surface area contributed by atoms with Crippen molar-refractivity contribution in [3.05, 3.63) is 17.6 Å². The number of amides is 1. The molecule has 5 nitrogen and oxygen atoms in total. The smallest absolute Gasteiger partial charge is 0.225 e. The summed E-state index contributed by atoms with van der Waals surface area (Å²) >= 11 is 0. The molecule has 0 bridgehead atoms. The Bertz CT molecular complexity index is 601. The van der Waals surface area contributed by atoms with E-state index < -0.39 is 0 Å². The largest absolute Gasteiger partial charge is 0.356 e. The summed E-state index contributed by atoms with van der Waals surface area (Å²) in [6.07, 6.45) is 6.73. The van der Waals surface area contributed by atoms with Gasteiger partial charge in [-0.3, -0.25) is 4.79 Å². The summed E-state index contributed by atoms with van der Waals surface area (Å²) in [5.74, 6) is 3.38. The Balaban J connectivity index is 1.40. The second-order valence-electron chi connectivity index (χ2n) is 7.44. The van der Waals surface area contributed by atoms with Gasteiger partial charge in [-0.15, -0.1) is 0 Å². The summed E-state index contributed by atoms with van der Waals surface area (Å²) in [4.78, 5) is 26.0. The van der Waals surface area contributed by atoms with Gasteiger partial charge in [0, 0.05) is 49.8 Å². The van der Waals surface area contributed by atoms with Gasteiger partial charge in [0.15, 0.2) is 0 Å². The van der Waals surface area contributed by atoms with Crippen LogP contribution in [0.1, 0.15) is 56.0 Å². The zero-order valence-corrected chi connectivity index (χ0v) is 14.2. The number of anilines is 1. The van der Waals surface area contributed by atoms with Crippen molar-refractivity contribution in [3.8, 4) is 0 Å². The highest BCUT2D eigenvalue weighted by molar-refractivity contribution is 5.81. The van der Waals surface area contributed by atoms with Crippen molar-refractivity contribution in [1.29, 1.82) is 0 Å². The summed E-state index contributed by atoms with van der Waals surface area (Å²) in [6, 6.07) is 2.50. The summed E-state index contributed by atoms with van der Waals surface area (Å²) in [7, 11) is 1.99. The first-order valence-corrected chi connectivity index (χ1v) is 8.99. The molecule has 3 aliphatic rings. The summed E-state index contributed by atoms with van der Waals surface area (Å²) in [5.41, 5.74) is 1.07. The monoisotopic (exact) mass is 314 g/mol. The van der Waals surface area contributed by atoms with E-state index in [0.29, 0.717) is 23.8 Å². The van der Waals surface area contributed by atoms with E-state index >= 15 is 0 Å². The molecule has 2 heterocycles. The van der Waals surface area contributed by atoms with Gasteiger partial charge in [-0.2, -0.15) is 0 Å². The second-order valence-corrected chi connectivity index (χ2v) is 7.44. The van der Waals surface area contributed by atoms with Crippen molar-refractivity contribution in [1.82, 2.24) is 14.9 Å². The maximum absolute atomic E-state index is 12.2. The van der Waals surface area contributed by atoms with Crippen molar-refractivity contribution >= 4 is 11.7 Å². The third-order valence-electron chi connectivity index (χ3n) is 5.41. The Morgan fingerprint density at radius 1 is 1.13 bits per heavy atom. The number of rotatable bonds is 4. The lowest BCUT2D eigenvalue weighted by molar-refractivity contribution is -0.133. The van der Waals surface area contributed by atoms with Crippen molar-refractivity contribution in [3.63, 3.8) is 0 Å². The van der Waals surface area contributed by atoms with Gasteiger partial charge in [0.25, 0.3) is 0 Å². The first-order chi connectivity index (χ1) is 11.1. The molecule has 1 aromatic heterocycles. The van der Waals surface area contributed by atoms with Crippen LogP contribution in [0, 0.1) is 12.8 Å². The van der Waals surface area contributed by atoms with Crippen LogP contribution in [0.2, 0.25) is 0 Å². The Hall–Kier alpha value is -1.65. The third kappa shape index (κ3) is 3.19. The first-order valence-electron chi connectivity index (χ1n) is 8.99. The van der Waals surface area contributed by atoms with Gasteiger partial charge in [0.2, 0.25) is 5.91 Å². The summed E-state index contributed by atoms with van der Waals surface area (Å²) in [6.45, 7) is 4.02. The van der Waals surface area contributed by atoms with E-state index in [9.17, 15) is 4.79 Å². The van der Waals surface area contributed by atoms with Gasteiger partial charge in [-0.25, -0.2) is 9.97 Å². The number of carbonyl (C=O) groups excluding carboxylic acids is 1. The van der Waals surface area contributed by atoms with Crippen LogP contribution in [-0.4, -0.2) is 47.0 Å². The maximum Gasteiger partial charge on any atom is 0.225 e. The highest BCUT2D eigenvalue weighted by atomic mass is 16.2. The lowest BCUT2D eigenvalue weighted by atomic mass is 10.0. The number of hydrogen-bond acceptors (Lipinski definition) is 4. The van der Waals surface area contributed by atoms with Crippen LogP contribution in [0.5, 0.6) is 0 Å². The van der Waals surface area contributed by atoms with E-state index in [1.54, 1.807) is 0 Å². The average molecular weight is 314 g/mol. The molecule has 5 heteroatoms. The van der Waals surface area contributed by atoms with Gasteiger partial charge in [0.1, 0.15) is 11.6 Å². The zero-order valence-electron chi connectivity index (χ0n) is 14.2. The summed E-state index contributed by atoms with van der Waals surface area (Å²) in [5, 5.41) is 0. The Kier molecular flexibility index (Phi) is 3.74. The molecule has 2 aliphatic carbocycles. The van der Waals surface area contributed by atoms with Gasteiger partial charge in [0.05, 0.1) is 0 Å². The van der Waals surface area contributed by atoms with E-state index in [0.717, 1.165) is 56.1 Å². The molecule has 124 valence electrons. The maximum atomic E-state index is 12.2. The first kappa shape index (κ1) is 14.9. The Morgan fingerprint density at radius 3 is 2.43 bits per heavy atom. The standard InChI is InChI=1S/C18H26N4O/c1-12-11-16(20-17(19-12)13-3-4-13)22-9-7-15(8-10-22)21(2)18(23)14-5-6-14/h11,13-15H,3-10H2,1-2H3. The van der Waals surface area contributed by atoms with Crippen molar-refractivity contribution < 1.29 is 4.79 Å². The molecular weight excluding hydrogens is 288 g/mol. The molecular formula is C18H26N4O. The third-order valence-corrected chi connectivity index (χ3v) is 5.41. The van der Waals surface area contributed by atoms with Gasteiger partial charge in [-0.05, 0) is 45.4 Å². The Labute approximate surface area is 138 Å². The predicted molar refractivity (Wildman–Crippen MR) is 89.5 cm³/mol. The molecule has 0 atom stereocenters. The highest BCUT2D eigenvalue weighted by Gasteiger charge is 2.35. The van der Waals surface area contributed by atoms with E-state index in [1.807, 2.05) is 11.9 Å². The van der Waals surface area contributed by atoms with Gasteiger partial charge in [-0.1, -0.05) is 0 Å². The number of aryl methyl sites for hydroxylation is 1. The SMILES string of the molecule is Cc1cc(N2CCC(N(C)C(=O)C3CC3)CC2)nc(C2CC2)n1. The van der Waals surface area contributed by atoms with Crippen LogP contribution in [0.3, 0.4) is 0 Å². The lowest BCUT2D eigenvalue weighted by Gasteiger charge is -2.37. The average Bonchev–Trinajstić information content (AvgIpc) is 3.45. The number of carbonyl (C=O) groups is 1. The van der Waals surface area contributed by atoms with Crippen LogP contribution in [-0.2, 0) is 4.79 Å². The molecule has 2 saturated carbocycles. The number of piperidine rings is 1. The quantitative estimate of drug-likeness (QED) is 0.857. The number of hydrogen-bond donors (Lipinski definition) is 0. The Morgan fingerprint density at radius 2 is 1.83 bits per heavy atom. The van der Waals surface area contributed by atoms with Crippen molar-refractivity contribution in [2.75, 3.05) is 25.0 Å². The van der Waals surface area contributed by atoms with E-state index in [1.165, 1.54) is 12.8 Å². The van der Waals surface area contributed by atoms with E-state index in [4.69, 9.17) is 4.98 Å².